The summed E-state index contributed by atoms with van der Waals surface area (Å²) in [6, 6.07) is 8.22. The second-order valence-electron chi connectivity index (χ2n) is 3.58. The molecule has 5 nitrogen and oxygen atoms in total. The normalized spacial score (nSPS) is 10.1. The van der Waals surface area contributed by atoms with Crippen LogP contribution in [-0.2, 0) is 0 Å². The number of nitrogens with two attached hydrogens (primary N) is 1. The van der Waals surface area contributed by atoms with Crippen LogP contribution in [0, 0.1) is 5.82 Å². The number of fused-ring (bicyclic) bond motifs is 1. The standard InChI is InChI=1S/C12H10FN3O2/c13-10-6-5-9(11(17)15-16-12(14)18)7-3-1-2-4-8(7)10/h1-6H,(H,15,17)(H3,14,16,18). The van der Waals surface area contributed by atoms with Gasteiger partial charge in [-0.3, -0.25) is 10.2 Å². The SMILES string of the molecule is NC(=O)NNC(=O)c1ccc(F)c2ccccc12. The lowest BCUT2D eigenvalue weighted by Gasteiger charge is -2.08. The Balaban J connectivity index is 2.42. The van der Waals surface area contributed by atoms with Crippen molar-refractivity contribution in [3.63, 3.8) is 0 Å². The minimum atomic E-state index is -0.880. The van der Waals surface area contributed by atoms with Gasteiger partial charge in [0.2, 0.25) is 0 Å². The van der Waals surface area contributed by atoms with Crippen LogP contribution < -0.4 is 16.6 Å². The van der Waals surface area contributed by atoms with E-state index in [-0.39, 0.29) is 5.56 Å². The highest BCUT2D eigenvalue weighted by Crippen LogP contribution is 2.21. The van der Waals surface area contributed by atoms with Crippen LogP contribution in [0.15, 0.2) is 36.4 Å². The van der Waals surface area contributed by atoms with E-state index < -0.39 is 17.8 Å². The van der Waals surface area contributed by atoms with Gasteiger partial charge in [0.25, 0.3) is 5.91 Å². The Hall–Kier alpha value is -2.63. The van der Waals surface area contributed by atoms with Gasteiger partial charge in [-0.1, -0.05) is 24.3 Å². The number of benzene rings is 2. The quantitative estimate of drug-likeness (QED) is 0.663. The summed E-state index contributed by atoms with van der Waals surface area (Å²) in [5.74, 6) is -0.977. The van der Waals surface area contributed by atoms with Crippen LogP contribution >= 0.6 is 0 Å². The molecule has 0 saturated heterocycles. The molecule has 0 heterocycles. The zero-order valence-electron chi connectivity index (χ0n) is 9.24. The summed E-state index contributed by atoms with van der Waals surface area (Å²) in [6.45, 7) is 0. The van der Waals surface area contributed by atoms with E-state index in [0.29, 0.717) is 10.8 Å². The Morgan fingerprint density at radius 1 is 1.00 bits per heavy atom. The van der Waals surface area contributed by atoms with E-state index in [0.717, 1.165) is 0 Å². The van der Waals surface area contributed by atoms with Crippen molar-refractivity contribution in [2.75, 3.05) is 0 Å². The first-order chi connectivity index (χ1) is 8.59. The van der Waals surface area contributed by atoms with Crippen LogP contribution in [0.4, 0.5) is 9.18 Å². The minimum absolute atomic E-state index is 0.251. The highest BCUT2D eigenvalue weighted by Gasteiger charge is 2.12. The van der Waals surface area contributed by atoms with Crippen molar-refractivity contribution in [2.45, 2.75) is 0 Å². The molecular weight excluding hydrogens is 237 g/mol. The summed E-state index contributed by atoms with van der Waals surface area (Å²) in [5.41, 5.74) is 9.17. The van der Waals surface area contributed by atoms with Crippen LogP contribution in [0.5, 0.6) is 0 Å². The number of nitrogens with one attached hydrogen (secondary N) is 2. The Labute approximate surface area is 102 Å². The number of primary amides is 1. The molecule has 0 fully saturated rings. The van der Waals surface area contributed by atoms with E-state index in [9.17, 15) is 14.0 Å². The summed E-state index contributed by atoms with van der Waals surface area (Å²) in [4.78, 5) is 22.3. The van der Waals surface area contributed by atoms with Gasteiger partial charge >= 0.3 is 6.03 Å². The van der Waals surface area contributed by atoms with E-state index >= 15 is 0 Å². The molecule has 0 spiro atoms. The molecule has 0 aliphatic heterocycles. The average Bonchev–Trinajstić information content (AvgIpc) is 2.37. The Morgan fingerprint density at radius 3 is 2.33 bits per heavy atom. The number of rotatable bonds is 1. The van der Waals surface area contributed by atoms with E-state index in [4.69, 9.17) is 5.73 Å². The van der Waals surface area contributed by atoms with E-state index in [1.54, 1.807) is 24.3 Å². The molecule has 4 N–H and O–H groups in total. The van der Waals surface area contributed by atoms with Crippen LogP contribution in [0.1, 0.15) is 10.4 Å². The van der Waals surface area contributed by atoms with Crippen LogP contribution in [0.2, 0.25) is 0 Å². The van der Waals surface area contributed by atoms with Gasteiger partial charge in [0, 0.05) is 10.9 Å². The summed E-state index contributed by atoms with van der Waals surface area (Å²) in [6.07, 6.45) is 0. The molecule has 0 unspecified atom stereocenters. The molecule has 2 aromatic carbocycles. The maximum atomic E-state index is 13.5. The fourth-order valence-electron chi connectivity index (χ4n) is 1.65. The Morgan fingerprint density at radius 2 is 1.67 bits per heavy atom. The largest absolute Gasteiger partial charge is 0.350 e. The summed E-state index contributed by atoms with van der Waals surface area (Å²) < 4.78 is 13.5. The predicted molar refractivity (Wildman–Crippen MR) is 64.1 cm³/mol. The molecule has 0 saturated carbocycles. The number of carbonyl (C=O) groups excluding carboxylic acids is 2. The number of hydrazine groups is 1. The summed E-state index contributed by atoms with van der Waals surface area (Å²) >= 11 is 0. The van der Waals surface area contributed by atoms with E-state index in [1.165, 1.54) is 12.1 Å². The third-order valence-electron chi connectivity index (χ3n) is 2.41. The van der Waals surface area contributed by atoms with Crippen molar-refractivity contribution < 1.29 is 14.0 Å². The van der Waals surface area contributed by atoms with Crippen molar-refractivity contribution in [1.29, 1.82) is 0 Å². The Kier molecular flexibility index (Phi) is 3.09. The van der Waals surface area contributed by atoms with Crippen molar-refractivity contribution in [1.82, 2.24) is 10.9 Å². The van der Waals surface area contributed by atoms with Gasteiger partial charge in [-0.2, -0.15) is 0 Å². The number of hydrogen-bond acceptors (Lipinski definition) is 2. The molecule has 2 aromatic rings. The van der Waals surface area contributed by atoms with E-state index in [1.807, 2.05) is 5.43 Å². The van der Waals surface area contributed by atoms with Crippen molar-refractivity contribution in [3.8, 4) is 0 Å². The molecule has 3 amide bonds. The fraction of sp³-hybridized carbons (Fsp3) is 0. The molecule has 0 atom stereocenters. The molecule has 92 valence electrons. The zero-order valence-corrected chi connectivity index (χ0v) is 9.24. The molecule has 0 aromatic heterocycles. The lowest BCUT2D eigenvalue weighted by Crippen LogP contribution is -2.44. The predicted octanol–water partition coefficient (Wildman–Crippen LogP) is 1.29. The molecule has 0 aliphatic carbocycles. The molecule has 0 aliphatic rings. The van der Waals surface area contributed by atoms with Gasteiger partial charge in [0.05, 0.1) is 0 Å². The lowest BCUT2D eigenvalue weighted by molar-refractivity contribution is 0.0939. The van der Waals surface area contributed by atoms with Crippen molar-refractivity contribution >= 4 is 22.7 Å². The fourth-order valence-corrected chi connectivity index (χ4v) is 1.65. The number of hydrogen-bond donors (Lipinski definition) is 3. The molecule has 2 rings (SSSR count). The molecule has 18 heavy (non-hydrogen) atoms. The third-order valence-corrected chi connectivity index (χ3v) is 2.41. The van der Waals surface area contributed by atoms with Crippen LogP contribution in [0.3, 0.4) is 0 Å². The molecule has 0 radical (unpaired) electrons. The number of carbonyl (C=O) groups is 2. The van der Waals surface area contributed by atoms with Gasteiger partial charge in [-0.25, -0.2) is 14.6 Å². The minimum Gasteiger partial charge on any atom is -0.350 e. The van der Waals surface area contributed by atoms with Gasteiger partial charge < -0.3 is 5.73 Å². The van der Waals surface area contributed by atoms with Crippen molar-refractivity contribution in [3.05, 3.63) is 47.8 Å². The highest BCUT2D eigenvalue weighted by atomic mass is 19.1. The van der Waals surface area contributed by atoms with Gasteiger partial charge in [0.15, 0.2) is 0 Å². The second-order valence-corrected chi connectivity index (χ2v) is 3.58. The smallest absolute Gasteiger partial charge is 0.330 e. The zero-order chi connectivity index (χ0) is 13.1. The first kappa shape index (κ1) is 11.8. The maximum Gasteiger partial charge on any atom is 0.330 e. The number of urea groups is 1. The van der Waals surface area contributed by atoms with Crippen LogP contribution in [-0.4, -0.2) is 11.9 Å². The summed E-state index contributed by atoms with van der Waals surface area (Å²) in [7, 11) is 0. The van der Waals surface area contributed by atoms with Gasteiger partial charge in [0.1, 0.15) is 5.82 Å². The Bertz CT molecular complexity index is 628. The first-order valence-corrected chi connectivity index (χ1v) is 5.12. The van der Waals surface area contributed by atoms with Crippen molar-refractivity contribution in [2.24, 2.45) is 5.73 Å². The topological polar surface area (TPSA) is 84.2 Å². The van der Waals surface area contributed by atoms with Gasteiger partial charge in [-0.15, -0.1) is 0 Å². The first-order valence-electron chi connectivity index (χ1n) is 5.12. The number of amides is 3. The van der Waals surface area contributed by atoms with Crippen LogP contribution in [0.25, 0.3) is 10.8 Å². The average molecular weight is 247 g/mol. The number of halogens is 1. The third kappa shape index (κ3) is 2.22. The summed E-state index contributed by atoms with van der Waals surface area (Å²) in [5, 5.41) is 0.797. The second kappa shape index (κ2) is 4.70. The molecule has 6 heteroatoms. The lowest BCUT2D eigenvalue weighted by atomic mass is 10.0. The monoisotopic (exact) mass is 247 g/mol. The van der Waals surface area contributed by atoms with E-state index in [2.05, 4.69) is 5.43 Å². The van der Waals surface area contributed by atoms with Gasteiger partial charge in [-0.05, 0) is 17.5 Å². The highest BCUT2D eigenvalue weighted by molar-refractivity contribution is 6.07. The molecular formula is C12H10FN3O2. The molecule has 0 bridgehead atoms. The maximum absolute atomic E-state index is 13.5.